The van der Waals surface area contributed by atoms with Gasteiger partial charge >= 0.3 is 0 Å². The molecule has 2 N–H and O–H groups in total. The molecular weight excluding hydrogens is 191 g/mol. The van der Waals surface area contributed by atoms with Gasteiger partial charge in [0.1, 0.15) is 6.67 Å². The van der Waals surface area contributed by atoms with Crippen LogP contribution in [0.2, 0.25) is 0 Å². The predicted octanol–water partition coefficient (Wildman–Crippen LogP) is 2.49. The highest BCUT2D eigenvalue weighted by Crippen LogP contribution is 2.28. The van der Waals surface area contributed by atoms with Gasteiger partial charge in [0.15, 0.2) is 0 Å². The summed E-state index contributed by atoms with van der Waals surface area (Å²) in [5.41, 5.74) is 2.45. The molecule has 1 atom stereocenters. The van der Waals surface area contributed by atoms with Crippen molar-refractivity contribution in [2.45, 2.75) is 18.9 Å². The summed E-state index contributed by atoms with van der Waals surface area (Å²) in [6, 6.07) is 8.57. The smallest absolute Gasteiger partial charge is 0.102 e. The minimum absolute atomic E-state index is 0.298. The second-order valence-corrected chi connectivity index (χ2v) is 3.85. The summed E-state index contributed by atoms with van der Waals surface area (Å²) in [5.74, 6) is 0. The number of anilines is 1. The van der Waals surface area contributed by atoms with Crippen LogP contribution < -0.4 is 10.6 Å². The average molecular weight is 208 g/mol. The van der Waals surface area contributed by atoms with Gasteiger partial charge in [-0.05, 0) is 24.5 Å². The molecule has 1 heterocycles. The van der Waals surface area contributed by atoms with Gasteiger partial charge in [-0.15, -0.1) is 0 Å². The second-order valence-electron chi connectivity index (χ2n) is 3.85. The molecule has 0 saturated heterocycles. The first kappa shape index (κ1) is 10.4. The molecule has 0 amide bonds. The van der Waals surface area contributed by atoms with E-state index in [2.05, 4.69) is 22.8 Å². The zero-order valence-electron chi connectivity index (χ0n) is 8.80. The third-order valence-electron chi connectivity index (χ3n) is 2.81. The first-order chi connectivity index (χ1) is 7.42. The van der Waals surface area contributed by atoms with Crippen LogP contribution in [0.15, 0.2) is 24.3 Å². The van der Waals surface area contributed by atoms with Crippen molar-refractivity contribution in [2.75, 3.05) is 25.1 Å². The van der Waals surface area contributed by atoms with Crippen LogP contribution >= 0.6 is 0 Å². The standard InChI is InChI=1S/C12H17FN2/c13-7-9-15-12-6-3-8-14-11-5-2-1-4-10(11)12/h1-2,4-5,12,14-15H,3,6-9H2. The van der Waals surface area contributed by atoms with Crippen molar-refractivity contribution in [3.05, 3.63) is 29.8 Å². The Hall–Kier alpha value is -1.09. The van der Waals surface area contributed by atoms with Crippen LogP contribution in [0.3, 0.4) is 0 Å². The predicted molar refractivity (Wildman–Crippen MR) is 60.9 cm³/mol. The van der Waals surface area contributed by atoms with Crippen LogP contribution in [0.5, 0.6) is 0 Å². The second kappa shape index (κ2) is 5.12. The molecule has 1 aromatic carbocycles. The fraction of sp³-hybridized carbons (Fsp3) is 0.500. The summed E-state index contributed by atoms with van der Waals surface area (Å²) in [6.07, 6.45) is 2.20. The van der Waals surface area contributed by atoms with Crippen LogP contribution in [-0.4, -0.2) is 19.8 Å². The van der Waals surface area contributed by atoms with Gasteiger partial charge in [0.25, 0.3) is 0 Å². The molecule has 0 radical (unpaired) electrons. The van der Waals surface area contributed by atoms with Crippen LogP contribution in [0.25, 0.3) is 0 Å². The zero-order valence-corrected chi connectivity index (χ0v) is 8.80. The molecule has 0 bridgehead atoms. The SMILES string of the molecule is FCCNC1CCCNc2ccccc21. The minimum Gasteiger partial charge on any atom is -0.385 e. The molecule has 0 saturated carbocycles. The molecule has 0 fully saturated rings. The minimum atomic E-state index is -0.300. The lowest BCUT2D eigenvalue weighted by atomic mass is 10.0. The number of benzene rings is 1. The molecule has 1 aliphatic rings. The van der Waals surface area contributed by atoms with E-state index in [0.717, 1.165) is 19.4 Å². The largest absolute Gasteiger partial charge is 0.385 e. The highest BCUT2D eigenvalue weighted by Gasteiger charge is 2.16. The average Bonchev–Trinajstić information content (AvgIpc) is 2.49. The summed E-state index contributed by atoms with van der Waals surface area (Å²) in [7, 11) is 0. The van der Waals surface area contributed by atoms with Crippen LogP contribution in [0, 0.1) is 0 Å². The van der Waals surface area contributed by atoms with E-state index in [1.165, 1.54) is 11.3 Å². The van der Waals surface area contributed by atoms with E-state index in [4.69, 9.17) is 0 Å². The Labute approximate surface area is 89.9 Å². The lowest BCUT2D eigenvalue weighted by Gasteiger charge is -2.18. The number of fused-ring (bicyclic) bond motifs is 1. The fourth-order valence-electron chi connectivity index (χ4n) is 2.09. The van der Waals surface area contributed by atoms with Gasteiger partial charge < -0.3 is 10.6 Å². The first-order valence-corrected chi connectivity index (χ1v) is 5.54. The normalized spacial score (nSPS) is 20.2. The molecule has 1 aliphatic heterocycles. The van der Waals surface area contributed by atoms with Crippen LogP contribution in [0.1, 0.15) is 24.4 Å². The molecule has 1 aromatic rings. The number of hydrogen-bond acceptors (Lipinski definition) is 2. The van der Waals surface area contributed by atoms with E-state index in [9.17, 15) is 4.39 Å². The van der Waals surface area contributed by atoms with Crippen molar-refractivity contribution in [3.63, 3.8) is 0 Å². The highest BCUT2D eigenvalue weighted by atomic mass is 19.1. The van der Waals surface area contributed by atoms with E-state index < -0.39 is 0 Å². The number of alkyl halides is 1. The molecule has 0 aliphatic carbocycles. The third kappa shape index (κ3) is 2.48. The molecule has 0 spiro atoms. The summed E-state index contributed by atoms with van der Waals surface area (Å²) >= 11 is 0. The fourth-order valence-corrected chi connectivity index (χ4v) is 2.09. The van der Waals surface area contributed by atoms with Crippen molar-refractivity contribution < 1.29 is 4.39 Å². The van der Waals surface area contributed by atoms with Gasteiger partial charge in [0.2, 0.25) is 0 Å². The lowest BCUT2D eigenvalue weighted by Crippen LogP contribution is -2.23. The molecule has 1 unspecified atom stereocenters. The number of halogens is 1. The number of rotatable bonds is 3. The number of nitrogens with one attached hydrogen (secondary N) is 2. The van der Waals surface area contributed by atoms with Crippen molar-refractivity contribution in [2.24, 2.45) is 0 Å². The molecule has 82 valence electrons. The Kier molecular flexibility index (Phi) is 3.56. The summed E-state index contributed by atoms with van der Waals surface area (Å²) in [6.45, 7) is 1.15. The van der Waals surface area contributed by atoms with E-state index in [0.29, 0.717) is 12.6 Å². The van der Waals surface area contributed by atoms with Crippen molar-refractivity contribution in [1.82, 2.24) is 5.32 Å². The molecule has 0 aromatic heterocycles. The highest BCUT2D eigenvalue weighted by molar-refractivity contribution is 5.53. The van der Waals surface area contributed by atoms with E-state index in [-0.39, 0.29) is 6.67 Å². The molecule has 2 nitrogen and oxygen atoms in total. The maximum atomic E-state index is 12.1. The Morgan fingerprint density at radius 3 is 3.13 bits per heavy atom. The Morgan fingerprint density at radius 2 is 2.27 bits per heavy atom. The van der Waals surface area contributed by atoms with Crippen molar-refractivity contribution in [1.29, 1.82) is 0 Å². The van der Waals surface area contributed by atoms with E-state index in [1.807, 2.05) is 12.1 Å². The van der Waals surface area contributed by atoms with Crippen molar-refractivity contribution >= 4 is 5.69 Å². The summed E-state index contributed by atoms with van der Waals surface area (Å²) in [5, 5.41) is 6.65. The number of para-hydroxylation sites is 1. The van der Waals surface area contributed by atoms with Gasteiger partial charge in [-0.3, -0.25) is 0 Å². The van der Waals surface area contributed by atoms with Gasteiger partial charge in [-0.1, -0.05) is 18.2 Å². The Bertz CT molecular complexity index is 314. The van der Waals surface area contributed by atoms with E-state index >= 15 is 0 Å². The summed E-state index contributed by atoms with van der Waals surface area (Å²) < 4.78 is 12.1. The Balaban J connectivity index is 2.17. The summed E-state index contributed by atoms with van der Waals surface area (Å²) in [4.78, 5) is 0. The van der Waals surface area contributed by atoms with Crippen LogP contribution in [0.4, 0.5) is 10.1 Å². The topological polar surface area (TPSA) is 24.1 Å². The molecule has 3 heteroatoms. The lowest BCUT2D eigenvalue weighted by molar-refractivity contribution is 0.422. The van der Waals surface area contributed by atoms with Gasteiger partial charge in [-0.25, -0.2) is 4.39 Å². The Morgan fingerprint density at radius 1 is 1.40 bits per heavy atom. The number of hydrogen-bond donors (Lipinski definition) is 2. The van der Waals surface area contributed by atoms with Gasteiger partial charge in [0.05, 0.1) is 0 Å². The van der Waals surface area contributed by atoms with Crippen molar-refractivity contribution in [3.8, 4) is 0 Å². The molecule has 15 heavy (non-hydrogen) atoms. The maximum Gasteiger partial charge on any atom is 0.102 e. The zero-order chi connectivity index (χ0) is 10.5. The quantitative estimate of drug-likeness (QED) is 0.797. The van der Waals surface area contributed by atoms with Gasteiger partial charge in [0, 0.05) is 24.8 Å². The molecule has 2 rings (SSSR count). The molecular formula is C12H17FN2. The monoisotopic (exact) mass is 208 g/mol. The van der Waals surface area contributed by atoms with Gasteiger partial charge in [-0.2, -0.15) is 0 Å². The van der Waals surface area contributed by atoms with E-state index in [1.54, 1.807) is 0 Å². The third-order valence-corrected chi connectivity index (χ3v) is 2.81. The maximum absolute atomic E-state index is 12.1. The van der Waals surface area contributed by atoms with Crippen LogP contribution in [-0.2, 0) is 0 Å². The first-order valence-electron chi connectivity index (χ1n) is 5.54.